The summed E-state index contributed by atoms with van der Waals surface area (Å²) >= 11 is 0. The average Bonchev–Trinajstić information content (AvgIpc) is 2.97. The first-order valence-electron chi connectivity index (χ1n) is 9.10. The lowest BCUT2D eigenvalue weighted by molar-refractivity contribution is 0.102. The van der Waals surface area contributed by atoms with E-state index in [4.69, 9.17) is 15.2 Å². The molecule has 1 unspecified atom stereocenters. The maximum absolute atomic E-state index is 12.5. The Balaban J connectivity index is 1.60. The van der Waals surface area contributed by atoms with Gasteiger partial charge in [0.2, 0.25) is 0 Å². The summed E-state index contributed by atoms with van der Waals surface area (Å²) in [6, 6.07) is 8.77. The quantitative estimate of drug-likeness (QED) is 0.848. The van der Waals surface area contributed by atoms with Gasteiger partial charge in [-0.3, -0.25) is 9.79 Å². The number of aliphatic imine (C=N–C) groups is 2. The van der Waals surface area contributed by atoms with Crippen molar-refractivity contribution >= 4 is 23.1 Å². The number of rotatable bonds is 4. The Hall–Kier alpha value is -3.42. The number of amidine groups is 1. The molecule has 0 saturated carbocycles. The van der Waals surface area contributed by atoms with Gasteiger partial charge in [-0.15, -0.1) is 0 Å². The summed E-state index contributed by atoms with van der Waals surface area (Å²) in [5.74, 6) is 1.43. The Morgan fingerprint density at radius 3 is 2.86 bits per heavy atom. The summed E-state index contributed by atoms with van der Waals surface area (Å²) < 4.78 is 11.1. The summed E-state index contributed by atoms with van der Waals surface area (Å²) in [5.41, 5.74) is 7.58. The third-order valence-electron chi connectivity index (χ3n) is 4.69. The van der Waals surface area contributed by atoms with Crippen LogP contribution in [-0.4, -0.2) is 35.7 Å². The molecule has 2 aromatic rings. The van der Waals surface area contributed by atoms with Gasteiger partial charge in [0, 0.05) is 17.7 Å². The molecule has 2 aliphatic heterocycles. The van der Waals surface area contributed by atoms with Crippen LogP contribution in [0.15, 0.2) is 46.5 Å². The second-order valence-corrected chi connectivity index (χ2v) is 6.59. The zero-order valence-electron chi connectivity index (χ0n) is 15.7. The minimum absolute atomic E-state index is 0.295. The predicted octanol–water partition coefficient (Wildman–Crippen LogP) is 2.50. The van der Waals surface area contributed by atoms with Crippen LogP contribution in [-0.2, 0) is 5.66 Å². The molecule has 144 valence electrons. The summed E-state index contributed by atoms with van der Waals surface area (Å²) in [4.78, 5) is 26.0. The minimum Gasteiger partial charge on any atom is -0.493 e. The van der Waals surface area contributed by atoms with E-state index in [2.05, 4.69) is 20.3 Å². The van der Waals surface area contributed by atoms with Gasteiger partial charge in [0.05, 0.1) is 25.1 Å². The lowest BCUT2D eigenvalue weighted by Crippen LogP contribution is -2.28. The van der Waals surface area contributed by atoms with Crippen molar-refractivity contribution in [3.8, 4) is 11.5 Å². The number of amides is 1. The minimum atomic E-state index is -0.778. The maximum atomic E-state index is 12.5. The molecule has 0 aliphatic carbocycles. The highest BCUT2D eigenvalue weighted by Gasteiger charge is 2.41. The third-order valence-corrected chi connectivity index (χ3v) is 4.69. The van der Waals surface area contributed by atoms with Crippen LogP contribution in [0.1, 0.15) is 36.3 Å². The molecule has 3 heterocycles. The van der Waals surface area contributed by atoms with Crippen molar-refractivity contribution in [3.05, 3.63) is 47.8 Å². The summed E-state index contributed by atoms with van der Waals surface area (Å²) in [6.45, 7) is 4.77. The van der Waals surface area contributed by atoms with E-state index in [1.807, 2.05) is 26.0 Å². The van der Waals surface area contributed by atoms with Gasteiger partial charge >= 0.3 is 0 Å². The van der Waals surface area contributed by atoms with Gasteiger partial charge in [-0.05, 0) is 44.2 Å². The van der Waals surface area contributed by atoms with Gasteiger partial charge in [-0.25, -0.2) is 9.98 Å². The van der Waals surface area contributed by atoms with Crippen LogP contribution in [0.5, 0.6) is 11.5 Å². The topological polar surface area (TPSA) is 111 Å². The number of carbonyl (C=O) groups excluding carboxylic acids is 1. The Morgan fingerprint density at radius 1 is 1.32 bits per heavy atom. The van der Waals surface area contributed by atoms with Gasteiger partial charge in [0.25, 0.3) is 5.91 Å². The molecule has 0 saturated heterocycles. The number of fused-ring (bicyclic) bond motifs is 2. The number of benzene rings is 1. The van der Waals surface area contributed by atoms with Gasteiger partial charge in [0.1, 0.15) is 23.0 Å². The van der Waals surface area contributed by atoms with E-state index in [0.29, 0.717) is 54.1 Å². The smallest absolute Gasteiger partial charge is 0.274 e. The fourth-order valence-electron chi connectivity index (χ4n) is 3.32. The SMILES string of the molecule is CCOc1ccc(C(=O)Nc2ccc3c(c2)C2(CCO3)N=C(C)C(N)=N2)nc1. The second-order valence-electron chi connectivity index (χ2n) is 6.59. The molecule has 4 rings (SSSR count). The number of ether oxygens (including phenoxy) is 2. The highest BCUT2D eigenvalue weighted by atomic mass is 16.5. The van der Waals surface area contributed by atoms with Crippen LogP contribution in [0, 0.1) is 0 Å². The van der Waals surface area contributed by atoms with E-state index >= 15 is 0 Å². The first-order valence-corrected chi connectivity index (χ1v) is 9.10. The van der Waals surface area contributed by atoms with Crippen molar-refractivity contribution in [2.45, 2.75) is 25.9 Å². The van der Waals surface area contributed by atoms with Crippen LogP contribution in [0.3, 0.4) is 0 Å². The summed E-state index contributed by atoms with van der Waals surface area (Å²) in [6.07, 6.45) is 2.12. The Labute approximate surface area is 162 Å². The highest BCUT2D eigenvalue weighted by Crippen LogP contribution is 2.44. The fourth-order valence-corrected chi connectivity index (χ4v) is 3.32. The molecule has 1 aromatic heterocycles. The standard InChI is InChI=1S/C20H21N5O3/c1-3-27-14-5-6-16(22-11-14)19(26)23-13-4-7-17-15(10-13)20(8-9-28-17)24-12(2)18(21)25-20/h4-7,10-11H,3,8-9H2,1-2H3,(H2,21,25)(H,23,26). The Morgan fingerprint density at radius 2 is 2.18 bits per heavy atom. The number of hydrogen-bond acceptors (Lipinski definition) is 7. The van der Waals surface area contributed by atoms with Gasteiger partial charge in [-0.1, -0.05) is 0 Å². The van der Waals surface area contributed by atoms with Crippen LogP contribution in [0.25, 0.3) is 0 Å². The molecule has 8 nitrogen and oxygen atoms in total. The summed E-state index contributed by atoms with van der Waals surface area (Å²) in [5, 5.41) is 2.86. The zero-order valence-corrected chi connectivity index (χ0v) is 15.7. The van der Waals surface area contributed by atoms with Crippen molar-refractivity contribution < 1.29 is 14.3 Å². The summed E-state index contributed by atoms with van der Waals surface area (Å²) in [7, 11) is 0. The molecule has 0 fully saturated rings. The molecular formula is C20H21N5O3. The number of nitrogens with one attached hydrogen (secondary N) is 1. The van der Waals surface area contributed by atoms with Crippen molar-refractivity contribution in [3.63, 3.8) is 0 Å². The number of nitrogens with two attached hydrogens (primary N) is 1. The number of carbonyl (C=O) groups is 1. The Kier molecular flexibility index (Phi) is 4.46. The van der Waals surface area contributed by atoms with Crippen molar-refractivity contribution in [1.29, 1.82) is 0 Å². The van der Waals surface area contributed by atoms with Crippen molar-refractivity contribution in [1.82, 2.24) is 4.98 Å². The van der Waals surface area contributed by atoms with E-state index in [-0.39, 0.29) is 5.91 Å². The first-order chi connectivity index (χ1) is 13.5. The first kappa shape index (κ1) is 18.0. The van der Waals surface area contributed by atoms with Crippen LogP contribution < -0.4 is 20.5 Å². The van der Waals surface area contributed by atoms with E-state index in [1.165, 1.54) is 6.20 Å². The number of aromatic nitrogens is 1. The normalized spacial score (nSPS) is 20.1. The van der Waals surface area contributed by atoms with E-state index in [0.717, 1.165) is 5.56 Å². The molecular weight excluding hydrogens is 358 g/mol. The molecule has 2 aliphatic rings. The molecule has 28 heavy (non-hydrogen) atoms. The molecule has 1 aromatic carbocycles. The number of hydrogen-bond donors (Lipinski definition) is 2. The monoisotopic (exact) mass is 379 g/mol. The lowest BCUT2D eigenvalue weighted by Gasteiger charge is -2.31. The van der Waals surface area contributed by atoms with E-state index in [9.17, 15) is 4.79 Å². The van der Waals surface area contributed by atoms with Gasteiger partial charge in [0.15, 0.2) is 5.66 Å². The molecule has 8 heteroatoms. The maximum Gasteiger partial charge on any atom is 0.274 e. The van der Waals surface area contributed by atoms with Gasteiger partial charge < -0.3 is 20.5 Å². The van der Waals surface area contributed by atoms with Crippen molar-refractivity contribution in [2.75, 3.05) is 18.5 Å². The molecule has 1 atom stereocenters. The Bertz CT molecular complexity index is 964. The molecule has 1 spiro atoms. The fraction of sp³-hybridized carbons (Fsp3) is 0.300. The number of nitrogens with zero attached hydrogens (tertiary/aromatic N) is 3. The van der Waals surface area contributed by atoms with Gasteiger partial charge in [-0.2, -0.15) is 0 Å². The predicted molar refractivity (Wildman–Crippen MR) is 106 cm³/mol. The third kappa shape index (κ3) is 3.17. The van der Waals surface area contributed by atoms with E-state index < -0.39 is 5.66 Å². The second kappa shape index (κ2) is 6.95. The van der Waals surface area contributed by atoms with E-state index in [1.54, 1.807) is 18.2 Å². The molecule has 0 bridgehead atoms. The van der Waals surface area contributed by atoms with Crippen LogP contribution in [0.4, 0.5) is 5.69 Å². The molecule has 3 N–H and O–H groups in total. The highest BCUT2D eigenvalue weighted by molar-refractivity contribution is 6.41. The molecule has 1 amide bonds. The van der Waals surface area contributed by atoms with Crippen LogP contribution >= 0.6 is 0 Å². The van der Waals surface area contributed by atoms with Crippen LogP contribution in [0.2, 0.25) is 0 Å². The van der Waals surface area contributed by atoms with Crippen molar-refractivity contribution in [2.24, 2.45) is 15.7 Å². The lowest BCUT2D eigenvalue weighted by atomic mass is 9.94. The number of anilines is 1. The molecule has 0 radical (unpaired) electrons. The largest absolute Gasteiger partial charge is 0.493 e. The zero-order chi connectivity index (χ0) is 19.7. The number of pyridine rings is 1. The average molecular weight is 379 g/mol.